The molecule has 3 aromatic carbocycles. The van der Waals surface area contributed by atoms with Crippen molar-refractivity contribution in [3.8, 4) is 17.2 Å². The Bertz CT molecular complexity index is 1530. The summed E-state index contributed by atoms with van der Waals surface area (Å²) in [7, 11) is 3.26. The van der Waals surface area contributed by atoms with Crippen molar-refractivity contribution in [2.45, 2.75) is 51.9 Å². The third kappa shape index (κ3) is 12.1. The lowest BCUT2D eigenvalue weighted by Crippen LogP contribution is -2.35. The van der Waals surface area contributed by atoms with Gasteiger partial charge in [0.1, 0.15) is 5.75 Å². The Kier molecular flexibility index (Phi) is 15.2. The van der Waals surface area contributed by atoms with Crippen molar-refractivity contribution in [3.63, 3.8) is 0 Å². The summed E-state index contributed by atoms with van der Waals surface area (Å²) in [6.45, 7) is 4.15. The average molecular weight is 676 g/mol. The maximum Gasteiger partial charge on any atom is 0.258 e. The summed E-state index contributed by atoms with van der Waals surface area (Å²) in [4.78, 5) is 38.7. The number of carbonyl (C=O) groups is 3. The number of methoxy groups -OCH3 is 2. The van der Waals surface area contributed by atoms with Gasteiger partial charge in [-0.05, 0) is 91.3 Å². The van der Waals surface area contributed by atoms with Gasteiger partial charge >= 0.3 is 0 Å². The molecule has 0 unspecified atom stereocenters. The van der Waals surface area contributed by atoms with Crippen LogP contribution in [0, 0.1) is 0 Å². The largest absolute Gasteiger partial charge is 0.493 e. The molecule has 0 bridgehead atoms. The minimum absolute atomic E-state index is 0.105. The lowest BCUT2D eigenvalue weighted by molar-refractivity contribution is -0.123. The van der Waals surface area contributed by atoms with Crippen LogP contribution in [0.15, 0.2) is 60.7 Å². The number of nitrogens with one attached hydrogen (secondary N) is 2. The van der Waals surface area contributed by atoms with Crippen LogP contribution < -0.4 is 29.7 Å². The van der Waals surface area contributed by atoms with Gasteiger partial charge < -0.3 is 39.2 Å². The Labute approximate surface area is 289 Å². The van der Waals surface area contributed by atoms with Crippen LogP contribution in [-0.2, 0) is 43.1 Å². The fourth-order valence-corrected chi connectivity index (χ4v) is 5.62. The summed E-state index contributed by atoms with van der Waals surface area (Å²) in [6.07, 6.45) is 5.24. The fraction of sp³-hybridized carbons (Fsp3) is 0.447. The van der Waals surface area contributed by atoms with Crippen LogP contribution >= 0.6 is 0 Å². The lowest BCUT2D eigenvalue weighted by Gasteiger charge is -2.29. The molecule has 1 aliphatic rings. The van der Waals surface area contributed by atoms with Gasteiger partial charge in [-0.2, -0.15) is 0 Å². The number of amides is 3. The zero-order valence-electron chi connectivity index (χ0n) is 28.9. The molecule has 49 heavy (non-hydrogen) atoms. The number of aryl methyl sites for hydroxylation is 3. The molecule has 264 valence electrons. The molecule has 0 saturated heterocycles. The number of nitrogens with zero attached hydrogens (tertiary/aromatic N) is 1. The topological polar surface area (TPSA) is 125 Å². The highest BCUT2D eigenvalue weighted by Gasteiger charge is 2.21. The highest BCUT2D eigenvalue weighted by atomic mass is 16.5. The number of fused-ring (bicyclic) bond motifs is 1. The van der Waals surface area contributed by atoms with E-state index in [1.807, 2.05) is 54.3 Å². The van der Waals surface area contributed by atoms with E-state index >= 15 is 0 Å². The van der Waals surface area contributed by atoms with E-state index in [9.17, 15) is 14.4 Å². The van der Waals surface area contributed by atoms with Crippen LogP contribution in [0.2, 0.25) is 0 Å². The second-order valence-electron chi connectivity index (χ2n) is 11.7. The van der Waals surface area contributed by atoms with E-state index in [-0.39, 0.29) is 37.4 Å². The third-order valence-corrected chi connectivity index (χ3v) is 8.15. The molecule has 0 radical (unpaired) electrons. The minimum atomic E-state index is -0.244. The number of ether oxygens (including phenoxy) is 5. The van der Waals surface area contributed by atoms with Crippen molar-refractivity contribution in [2.24, 2.45) is 0 Å². The highest BCUT2D eigenvalue weighted by Crippen LogP contribution is 2.31. The molecule has 11 heteroatoms. The Balaban J connectivity index is 1.02. The van der Waals surface area contributed by atoms with Crippen LogP contribution in [0.1, 0.15) is 49.3 Å². The van der Waals surface area contributed by atoms with Gasteiger partial charge in [-0.15, -0.1) is 0 Å². The molecular weight excluding hydrogens is 626 g/mol. The molecular formula is C38H49N3O8. The predicted octanol–water partition coefficient (Wildman–Crippen LogP) is 5.13. The number of rotatable bonds is 20. The third-order valence-electron chi connectivity index (χ3n) is 8.15. The second-order valence-corrected chi connectivity index (χ2v) is 11.7. The number of anilines is 2. The van der Waals surface area contributed by atoms with Crippen LogP contribution in [0.3, 0.4) is 0 Å². The Morgan fingerprint density at radius 3 is 2.37 bits per heavy atom. The van der Waals surface area contributed by atoms with Crippen LogP contribution in [0.5, 0.6) is 17.2 Å². The van der Waals surface area contributed by atoms with Gasteiger partial charge in [0.2, 0.25) is 11.8 Å². The van der Waals surface area contributed by atoms with Crippen LogP contribution in [-0.4, -0.2) is 78.1 Å². The summed E-state index contributed by atoms with van der Waals surface area (Å²) >= 11 is 0. The molecule has 0 aromatic heterocycles. The smallest absolute Gasteiger partial charge is 0.258 e. The maximum atomic E-state index is 12.4. The summed E-state index contributed by atoms with van der Waals surface area (Å²) in [5.41, 5.74) is 5.09. The molecule has 1 aliphatic heterocycles. The van der Waals surface area contributed by atoms with Crippen molar-refractivity contribution in [1.82, 2.24) is 5.32 Å². The standard InChI is InChI=1S/C38H49N3O8/c1-4-38(44)41-19-7-11-30-26-32(14-15-33(30)41)49-27-37(43)39-18-21-48-23-22-47-20-17-36(42)40-31-12-6-10-28(24-31)8-5-9-29-13-16-34(45-2)35(25-29)46-3/h6,10,12-16,24-26H,4-5,7-9,11,17-23,27H2,1-3H3,(H,39,43)(H,40,42). The van der Waals surface area contributed by atoms with E-state index in [4.69, 9.17) is 23.7 Å². The monoisotopic (exact) mass is 675 g/mol. The van der Waals surface area contributed by atoms with Crippen molar-refractivity contribution in [2.75, 3.05) is 70.6 Å². The van der Waals surface area contributed by atoms with Gasteiger partial charge in [0.15, 0.2) is 18.1 Å². The van der Waals surface area contributed by atoms with Gasteiger partial charge in [0.25, 0.3) is 5.91 Å². The molecule has 3 amide bonds. The molecule has 2 N–H and O–H groups in total. The first-order valence-electron chi connectivity index (χ1n) is 17.0. The number of carbonyl (C=O) groups excluding carboxylic acids is 3. The summed E-state index contributed by atoms with van der Waals surface area (Å²) in [5, 5.41) is 5.72. The van der Waals surface area contributed by atoms with Gasteiger partial charge in [-0.3, -0.25) is 14.4 Å². The van der Waals surface area contributed by atoms with E-state index < -0.39 is 0 Å². The molecule has 3 aromatic rings. The zero-order chi connectivity index (χ0) is 34.8. The number of benzene rings is 3. The normalized spacial score (nSPS) is 12.2. The van der Waals surface area contributed by atoms with Gasteiger partial charge in [0, 0.05) is 30.9 Å². The molecule has 0 atom stereocenters. The van der Waals surface area contributed by atoms with Gasteiger partial charge in [-0.1, -0.05) is 25.1 Å². The first-order chi connectivity index (χ1) is 23.9. The quantitative estimate of drug-likeness (QED) is 0.158. The van der Waals surface area contributed by atoms with Crippen molar-refractivity contribution in [3.05, 3.63) is 77.4 Å². The van der Waals surface area contributed by atoms with Gasteiger partial charge in [-0.25, -0.2) is 0 Å². The van der Waals surface area contributed by atoms with Gasteiger partial charge in [0.05, 0.1) is 47.1 Å². The molecule has 0 spiro atoms. The van der Waals surface area contributed by atoms with E-state index in [1.54, 1.807) is 20.3 Å². The van der Waals surface area contributed by atoms with Crippen molar-refractivity contribution in [1.29, 1.82) is 0 Å². The summed E-state index contributed by atoms with van der Waals surface area (Å²) in [5.74, 6) is 1.81. The van der Waals surface area contributed by atoms with Crippen LogP contribution in [0.4, 0.5) is 11.4 Å². The Hall–Kier alpha value is -4.61. The Morgan fingerprint density at radius 2 is 1.59 bits per heavy atom. The number of hydrogen-bond donors (Lipinski definition) is 2. The zero-order valence-corrected chi connectivity index (χ0v) is 28.9. The van der Waals surface area contributed by atoms with Crippen LogP contribution in [0.25, 0.3) is 0 Å². The first kappa shape index (κ1) is 37.2. The second kappa shape index (κ2) is 20.0. The SMILES string of the molecule is CCC(=O)N1CCCc2cc(OCC(=O)NCCOCCOCCC(=O)Nc3cccc(CCCc4ccc(OC)c(OC)c4)c3)ccc21. The number of hydrogen-bond acceptors (Lipinski definition) is 8. The van der Waals surface area contributed by atoms with E-state index in [1.165, 1.54) is 5.56 Å². The molecule has 1 heterocycles. The van der Waals surface area contributed by atoms with E-state index in [0.29, 0.717) is 38.5 Å². The molecule has 0 saturated carbocycles. The van der Waals surface area contributed by atoms with Crippen molar-refractivity contribution < 1.29 is 38.1 Å². The summed E-state index contributed by atoms with van der Waals surface area (Å²) < 4.78 is 27.4. The highest BCUT2D eigenvalue weighted by molar-refractivity contribution is 5.94. The summed E-state index contributed by atoms with van der Waals surface area (Å²) in [6, 6.07) is 19.5. The first-order valence-corrected chi connectivity index (χ1v) is 17.0. The molecule has 0 aliphatic carbocycles. The van der Waals surface area contributed by atoms with Crippen molar-refractivity contribution >= 4 is 29.1 Å². The van der Waals surface area contributed by atoms with E-state index in [2.05, 4.69) is 22.8 Å². The molecule has 11 nitrogen and oxygen atoms in total. The maximum absolute atomic E-state index is 12.4. The lowest BCUT2D eigenvalue weighted by atomic mass is 10.0. The minimum Gasteiger partial charge on any atom is -0.493 e. The molecule has 4 rings (SSSR count). The fourth-order valence-electron chi connectivity index (χ4n) is 5.62. The molecule has 0 fully saturated rings. The van der Waals surface area contributed by atoms with E-state index in [0.717, 1.165) is 72.6 Å². The average Bonchev–Trinajstić information content (AvgIpc) is 3.12. The predicted molar refractivity (Wildman–Crippen MR) is 189 cm³/mol. The Morgan fingerprint density at radius 1 is 0.816 bits per heavy atom.